The van der Waals surface area contributed by atoms with Crippen molar-refractivity contribution in [1.82, 2.24) is 15.5 Å². The topological polar surface area (TPSA) is 131 Å². The second-order valence-electron chi connectivity index (χ2n) is 11.5. The molecule has 1 aromatic carbocycles. The number of ether oxygens (including phenoxy) is 1. The smallest absolute Gasteiger partial charge is 0.408 e. The van der Waals surface area contributed by atoms with Crippen LogP contribution in [0.25, 0.3) is 0 Å². The molecular weight excluding hydrogens is 496 g/mol. The van der Waals surface area contributed by atoms with Crippen LogP contribution in [0.5, 0.6) is 0 Å². The number of carbonyl (C=O) groups excluding carboxylic acids is 4. The highest BCUT2D eigenvalue weighted by Gasteiger charge is 2.37. The van der Waals surface area contributed by atoms with Crippen molar-refractivity contribution in [3.63, 3.8) is 0 Å². The zero-order valence-corrected chi connectivity index (χ0v) is 25.2. The van der Waals surface area contributed by atoms with Crippen LogP contribution in [0.4, 0.5) is 4.79 Å². The van der Waals surface area contributed by atoms with Gasteiger partial charge in [-0.1, -0.05) is 50.8 Å². The van der Waals surface area contributed by atoms with Crippen molar-refractivity contribution in [3.05, 3.63) is 34.9 Å². The summed E-state index contributed by atoms with van der Waals surface area (Å²) < 4.78 is 5.40. The Bertz CT molecular complexity index is 950. The number of carbonyl (C=O) groups is 4. The summed E-state index contributed by atoms with van der Waals surface area (Å²) in [7, 11) is 0. The lowest BCUT2D eigenvalue weighted by atomic mass is 9.93. The van der Waals surface area contributed by atoms with Crippen LogP contribution in [-0.2, 0) is 19.1 Å². The van der Waals surface area contributed by atoms with Gasteiger partial charge in [0, 0.05) is 19.0 Å². The molecule has 0 spiro atoms. The van der Waals surface area contributed by atoms with Gasteiger partial charge in [-0.25, -0.2) is 4.79 Å². The Morgan fingerprint density at radius 3 is 2.08 bits per heavy atom. The van der Waals surface area contributed by atoms with E-state index in [4.69, 9.17) is 10.5 Å². The number of amides is 4. The van der Waals surface area contributed by atoms with Crippen molar-refractivity contribution in [2.45, 2.75) is 124 Å². The third-order valence-corrected chi connectivity index (χ3v) is 6.26. The molecule has 1 rings (SSSR count). The molecular formula is C30H50N4O5. The maximum Gasteiger partial charge on any atom is 0.408 e. The first-order valence-electron chi connectivity index (χ1n) is 14.1. The number of nitrogens with one attached hydrogen (secondary N) is 2. The zero-order valence-electron chi connectivity index (χ0n) is 25.2. The fourth-order valence-corrected chi connectivity index (χ4v) is 4.50. The SMILES string of the molecule is CCCCCCCN(C(=O)C(CCC(N)=O)NC(=O)OC(C)(C)C)C(C(=O)NC(C)C)c1c(C)cccc1C. The molecule has 0 fully saturated rings. The third-order valence-electron chi connectivity index (χ3n) is 6.26. The number of primary amides is 1. The molecule has 0 saturated carbocycles. The Labute approximate surface area is 234 Å². The van der Waals surface area contributed by atoms with Crippen LogP contribution in [0.3, 0.4) is 0 Å². The second kappa shape index (κ2) is 16.1. The molecule has 1 aromatic rings. The second-order valence-corrected chi connectivity index (χ2v) is 11.5. The van der Waals surface area contributed by atoms with Gasteiger partial charge in [-0.05, 0) is 78.0 Å². The molecule has 220 valence electrons. The van der Waals surface area contributed by atoms with Crippen LogP contribution in [-0.4, -0.2) is 52.9 Å². The predicted octanol–water partition coefficient (Wildman–Crippen LogP) is 4.83. The summed E-state index contributed by atoms with van der Waals surface area (Å²) in [5.41, 5.74) is 7.14. The number of rotatable bonds is 15. The molecule has 0 aliphatic carbocycles. The fraction of sp³-hybridized carbons (Fsp3) is 0.667. The normalized spacial score (nSPS) is 12.9. The number of aryl methyl sites for hydroxylation is 2. The lowest BCUT2D eigenvalue weighted by Crippen LogP contribution is -2.54. The van der Waals surface area contributed by atoms with Gasteiger partial charge >= 0.3 is 6.09 Å². The van der Waals surface area contributed by atoms with E-state index in [9.17, 15) is 19.2 Å². The van der Waals surface area contributed by atoms with Gasteiger partial charge < -0.3 is 26.0 Å². The molecule has 0 saturated heterocycles. The first-order chi connectivity index (χ1) is 18.2. The summed E-state index contributed by atoms with van der Waals surface area (Å²) in [6.07, 6.45) is 3.89. The van der Waals surface area contributed by atoms with E-state index in [1.54, 1.807) is 25.7 Å². The molecule has 0 radical (unpaired) electrons. The van der Waals surface area contributed by atoms with E-state index in [1.165, 1.54) is 0 Å². The largest absolute Gasteiger partial charge is 0.444 e. The third kappa shape index (κ3) is 12.1. The predicted molar refractivity (Wildman–Crippen MR) is 154 cm³/mol. The summed E-state index contributed by atoms with van der Waals surface area (Å²) >= 11 is 0. The van der Waals surface area contributed by atoms with Crippen molar-refractivity contribution < 1.29 is 23.9 Å². The minimum Gasteiger partial charge on any atom is -0.444 e. The van der Waals surface area contributed by atoms with E-state index in [2.05, 4.69) is 17.6 Å². The maximum absolute atomic E-state index is 14.2. The number of nitrogens with two attached hydrogens (primary N) is 1. The van der Waals surface area contributed by atoms with Gasteiger partial charge in [-0.3, -0.25) is 14.4 Å². The van der Waals surface area contributed by atoms with Gasteiger partial charge in [0.05, 0.1) is 0 Å². The number of hydrogen-bond donors (Lipinski definition) is 3. The molecule has 0 heterocycles. The molecule has 2 unspecified atom stereocenters. The zero-order chi connectivity index (χ0) is 29.8. The molecule has 39 heavy (non-hydrogen) atoms. The number of hydrogen-bond acceptors (Lipinski definition) is 5. The van der Waals surface area contributed by atoms with Crippen LogP contribution >= 0.6 is 0 Å². The van der Waals surface area contributed by atoms with Gasteiger partial charge in [0.2, 0.25) is 17.7 Å². The van der Waals surface area contributed by atoms with E-state index in [-0.39, 0.29) is 24.8 Å². The van der Waals surface area contributed by atoms with Gasteiger partial charge in [0.25, 0.3) is 0 Å². The Morgan fingerprint density at radius 2 is 1.56 bits per heavy atom. The maximum atomic E-state index is 14.2. The van der Waals surface area contributed by atoms with Crippen LogP contribution in [0, 0.1) is 13.8 Å². The fourth-order valence-electron chi connectivity index (χ4n) is 4.50. The van der Waals surface area contributed by atoms with Crippen LogP contribution in [0.15, 0.2) is 18.2 Å². The van der Waals surface area contributed by atoms with Gasteiger partial charge in [0.1, 0.15) is 17.7 Å². The van der Waals surface area contributed by atoms with Crippen molar-refractivity contribution >= 4 is 23.8 Å². The number of unbranched alkanes of at least 4 members (excludes halogenated alkanes) is 4. The minimum absolute atomic E-state index is 0.00891. The number of benzene rings is 1. The standard InChI is InChI=1S/C30H50N4O5/c1-9-10-11-12-13-19-34(26(27(36)32-20(2)3)25-21(4)15-14-16-22(25)5)28(37)23(17-18-24(31)35)33-29(38)39-30(6,7)8/h14-16,20,23,26H,9-13,17-19H2,1-8H3,(H2,31,35)(H,32,36)(H,33,38). The van der Waals surface area contributed by atoms with Crippen LogP contribution in [0.2, 0.25) is 0 Å². The summed E-state index contributed by atoms with van der Waals surface area (Å²) in [4.78, 5) is 53.9. The van der Waals surface area contributed by atoms with Gasteiger partial charge in [0.15, 0.2) is 0 Å². The Hall–Kier alpha value is -3.10. The number of alkyl carbamates (subject to hydrolysis) is 1. The quantitative estimate of drug-likeness (QED) is 0.271. The Morgan fingerprint density at radius 1 is 0.974 bits per heavy atom. The average molecular weight is 547 g/mol. The molecule has 9 heteroatoms. The highest BCUT2D eigenvalue weighted by atomic mass is 16.6. The van der Waals surface area contributed by atoms with Crippen molar-refractivity contribution in [3.8, 4) is 0 Å². The molecule has 4 amide bonds. The molecule has 2 atom stereocenters. The van der Waals surface area contributed by atoms with Crippen LogP contribution < -0.4 is 16.4 Å². The first-order valence-corrected chi connectivity index (χ1v) is 14.1. The molecule has 0 aromatic heterocycles. The van der Waals surface area contributed by atoms with Crippen molar-refractivity contribution in [1.29, 1.82) is 0 Å². The highest BCUT2D eigenvalue weighted by molar-refractivity contribution is 5.93. The monoisotopic (exact) mass is 546 g/mol. The number of nitrogens with zero attached hydrogens (tertiary/aromatic N) is 1. The lowest BCUT2D eigenvalue weighted by Gasteiger charge is -2.36. The van der Waals surface area contributed by atoms with E-state index in [0.29, 0.717) is 13.0 Å². The summed E-state index contributed by atoms with van der Waals surface area (Å²) in [5, 5.41) is 5.63. The molecule has 0 aliphatic heterocycles. The summed E-state index contributed by atoms with van der Waals surface area (Å²) in [6.45, 7) is 15.2. The molecule has 0 aliphatic rings. The lowest BCUT2D eigenvalue weighted by molar-refractivity contribution is -0.143. The van der Waals surface area contributed by atoms with E-state index in [0.717, 1.165) is 42.4 Å². The molecule has 9 nitrogen and oxygen atoms in total. The van der Waals surface area contributed by atoms with Gasteiger partial charge in [-0.15, -0.1) is 0 Å². The summed E-state index contributed by atoms with van der Waals surface area (Å²) in [6, 6.07) is 3.61. The van der Waals surface area contributed by atoms with Crippen molar-refractivity contribution in [2.75, 3.05) is 6.54 Å². The average Bonchev–Trinajstić information content (AvgIpc) is 2.80. The highest BCUT2D eigenvalue weighted by Crippen LogP contribution is 2.29. The summed E-state index contributed by atoms with van der Waals surface area (Å²) in [5.74, 6) is -1.34. The van der Waals surface area contributed by atoms with E-state index < -0.39 is 35.6 Å². The minimum atomic E-state index is -1.10. The first kappa shape index (κ1) is 33.9. The van der Waals surface area contributed by atoms with Crippen molar-refractivity contribution in [2.24, 2.45) is 5.73 Å². The van der Waals surface area contributed by atoms with Gasteiger partial charge in [-0.2, -0.15) is 0 Å². The Kier molecular flexibility index (Phi) is 14.0. The van der Waals surface area contributed by atoms with Crippen LogP contribution in [0.1, 0.15) is 109 Å². The Balaban J connectivity index is 3.57. The molecule has 0 bridgehead atoms. The molecule has 4 N–H and O–H groups in total. The van der Waals surface area contributed by atoms with E-state index >= 15 is 0 Å². The van der Waals surface area contributed by atoms with E-state index in [1.807, 2.05) is 45.9 Å².